The first-order valence-electron chi connectivity index (χ1n) is 6.23. The fourth-order valence-corrected chi connectivity index (χ4v) is 2.74. The van der Waals surface area contributed by atoms with Crippen molar-refractivity contribution in [2.45, 2.75) is 39.5 Å². The van der Waals surface area contributed by atoms with Gasteiger partial charge in [-0.15, -0.1) is 0 Å². The first-order valence-corrected chi connectivity index (χ1v) is 7.02. The van der Waals surface area contributed by atoms with Crippen LogP contribution < -0.4 is 5.32 Å². The molecule has 18 heavy (non-hydrogen) atoms. The monoisotopic (exact) mass is 313 g/mol. The summed E-state index contributed by atoms with van der Waals surface area (Å²) in [7, 11) is 0. The Kier molecular flexibility index (Phi) is 6.19. The lowest BCUT2D eigenvalue weighted by molar-refractivity contribution is -0.137. The third-order valence-corrected chi connectivity index (χ3v) is 3.43. The van der Waals surface area contributed by atoms with Gasteiger partial charge >= 0.3 is 5.97 Å². The van der Waals surface area contributed by atoms with Gasteiger partial charge in [0.1, 0.15) is 0 Å². The molecule has 2 N–H and O–H groups in total. The van der Waals surface area contributed by atoms with Crippen molar-refractivity contribution < 1.29 is 9.90 Å². The van der Waals surface area contributed by atoms with Crippen LogP contribution in [0.4, 0.5) is 5.69 Å². The Bertz CT molecular complexity index is 395. The van der Waals surface area contributed by atoms with Gasteiger partial charge in [0.25, 0.3) is 0 Å². The normalized spacial score (nSPS) is 10.4. The third kappa shape index (κ3) is 5.08. The number of aryl methyl sites for hydroxylation is 2. The molecule has 100 valence electrons. The molecule has 0 atom stereocenters. The lowest BCUT2D eigenvalue weighted by Gasteiger charge is -2.12. The molecule has 0 heterocycles. The maximum atomic E-state index is 10.4. The highest BCUT2D eigenvalue weighted by molar-refractivity contribution is 9.10. The number of aliphatic carboxylic acids is 1. The molecule has 1 rings (SSSR count). The van der Waals surface area contributed by atoms with E-state index < -0.39 is 5.97 Å². The number of hydrogen-bond acceptors (Lipinski definition) is 2. The van der Waals surface area contributed by atoms with Crippen LogP contribution in [-0.2, 0) is 4.79 Å². The molecule has 0 saturated heterocycles. The van der Waals surface area contributed by atoms with Gasteiger partial charge in [-0.1, -0.05) is 12.5 Å². The molecular formula is C14H20BrNO2. The zero-order valence-electron chi connectivity index (χ0n) is 10.9. The van der Waals surface area contributed by atoms with E-state index in [-0.39, 0.29) is 6.42 Å². The molecule has 0 saturated carbocycles. The molecule has 0 bridgehead atoms. The van der Waals surface area contributed by atoms with Crippen molar-refractivity contribution in [2.75, 3.05) is 11.9 Å². The van der Waals surface area contributed by atoms with Crippen molar-refractivity contribution in [3.05, 3.63) is 27.7 Å². The van der Waals surface area contributed by atoms with Crippen molar-refractivity contribution in [1.82, 2.24) is 0 Å². The van der Waals surface area contributed by atoms with Crippen molar-refractivity contribution in [3.63, 3.8) is 0 Å². The second-order valence-corrected chi connectivity index (χ2v) is 5.42. The van der Waals surface area contributed by atoms with Gasteiger partial charge in [0.15, 0.2) is 0 Å². The number of nitrogens with one attached hydrogen (secondary N) is 1. The quantitative estimate of drug-likeness (QED) is 0.744. The highest BCUT2D eigenvalue weighted by atomic mass is 79.9. The Morgan fingerprint density at radius 1 is 1.28 bits per heavy atom. The molecule has 0 unspecified atom stereocenters. The summed E-state index contributed by atoms with van der Waals surface area (Å²) in [5.74, 6) is -0.708. The number of carboxylic acids is 1. The summed E-state index contributed by atoms with van der Waals surface area (Å²) >= 11 is 3.56. The van der Waals surface area contributed by atoms with Crippen LogP contribution in [-0.4, -0.2) is 17.6 Å². The molecular weight excluding hydrogens is 294 g/mol. The fraction of sp³-hybridized carbons (Fsp3) is 0.500. The van der Waals surface area contributed by atoms with Crippen molar-refractivity contribution in [3.8, 4) is 0 Å². The molecule has 0 aliphatic heterocycles. The molecule has 0 aliphatic rings. The molecule has 0 fully saturated rings. The number of rotatable bonds is 7. The number of unbranched alkanes of at least 4 members (excludes halogenated alkanes) is 2. The maximum absolute atomic E-state index is 10.4. The Morgan fingerprint density at radius 2 is 2.00 bits per heavy atom. The summed E-state index contributed by atoms with van der Waals surface area (Å²) in [5.41, 5.74) is 3.61. The van der Waals surface area contributed by atoms with Gasteiger partial charge in [0.05, 0.1) is 5.69 Å². The number of anilines is 1. The Hall–Kier alpha value is -1.03. The first kappa shape index (κ1) is 15.0. The Morgan fingerprint density at radius 3 is 2.61 bits per heavy atom. The van der Waals surface area contributed by atoms with E-state index in [1.165, 1.54) is 11.1 Å². The minimum atomic E-state index is -0.708. The summed E-state index contributed by atoms with van der Waals surface area (Å²) in [6.07, 6.45) is 2.97. The van der Waals surface area contributed by atoms with Crippen LogP contribution in [0.2, 0.25) is 0 Å². The van der Waals surface area contributed by atoms with Gasteiger partial charge < -0.3 is 10.4 Å². The molecule has 3 nitrogen and oxygen atoms in total. The van der Waals surface area contributed by atoms with Crippen molar-refractivity contribution >= 4 is 27.6 Å². The van der Waals surface area contributed by atoms with Gasteiger partial charge in [-0.25, -0.2) is 0 Å². The molecule has 0 aromatic heterocycles. The predicted octanol–water partition coefficient (Wildman–Crippen LogP) is 4.12. The lowest BCUT2D eigenvalue weighted by Crippen LogP contribution is -2.04. The van der Waals surface area contributed by atoms with Gasteiger partial charge in [-0.3, -0.25) is 4.79 Å². The number of halogens is 1. The minimum absolute atomic E-state index is 0.271. The predicted molar refractivity (Wildman–Crippen MR) is 78.2 cm³/mol. The van der Waals surface area contributed by atoms with Crippen LogP contribution in [0, 0.1) is 13.8 Å². The van der Waals surface area contributed by atoms with Crippen molar-refractivity contribution in [2.24, 2.45) is 0 Å². The molecule has 0 radical (unpaired) electrons. The average Bonchev–Trinajstić information content (AvgIpc) is 2.25. The summed E-state index contributed by atoms with van der Waals surface area (Å²) in [6, 6.07) is 4.25. The fourth-order valence-electron chi connectivity index (χ4n) is 1.93. The highest BCUT2D eigenvalue weighted by Gasteiger charge is 2.04. The van der Waals surface area contributed by atoms with E-state index in [0.717, 1.165) is 36.0 Å². The standard InChI is InChI=1S/C14H20BrNO2/c1-10-8-11(2)14(12(15)9-10)16-7-5-3-4-6-13(17)18/h8-9,16H,3-7H2,1-2H3,(H,17,18). The largest absolute Gasteiger partial charge is 0.481 e. The van der Waals surface area contributed by atoms with Gasteiger partial charge in [-0.2, -0.15) is 0 Å². The lowest BCUT2D eigenvalue weighted by atomic mass is 10.1. The molecule has 0 aliphatic carbocycles. The maximum Gasteiger partial charge on any atom is 0.303 e. The van der Waals surface area contributed by atoms with Crippen LogP contribution in [0.25, 0.3) is 0 Å². The number of carboxylic acid groups (broad SMARTS) is 1. The van der Waals surface area contributed by atoms with E-state index in [0.29, 0.717) is 0 Å². The van der Waals surface area contributed by atoms with Crippen LogP contribution in [0.15, 0.2) is 16.6 Å². The zero-order chi connectivity index (χ0) is 13.5. The number of hydrogen-bond donors (Lipinski definition) is 2. The van der Waals surface area contributed by atoms with Crippen LogP contribution in [0.1, 0.15) is 36.8 Å². The zero-order valence-corrected chi connectivity index (χ0v) is 12.5. The van der Waals surface area contributed by atoms with Crippen molar-refractivity contribution in [1.29, 1.82) is 0 Å². The van der Waals surface area contributed by atoms with E-state index in [4.69, 9.17) is 5.11 Å². The molecule has 4 heteroatoms. The van der Waals surface area contributed by atoms with Crippen LogP contribution >= 0.6 is 15.9 Å². The summed E-state index contributed by atoms with van der Waals surface area (Å²) in [6.45, 7) is 5.04. The second kappa shape index (κ2) is 7.41. The Balaban J connectivity index is 2.33. The van der Waals surface area contributed by atoms with Gasteiger partial charge in [0.2, 0.25) is 0 Å². The van der Waals surface area contributed by atoms with Gasteiger partial charge in [-0.05, 0) is 59.8 Å². The van der Waals surface area contributed by atoms with E-state index >= 15 is 0 Å². The molecule has 0 amide bonds. The van der Waals surface area contributed by atoms with E-state index in [1.807, 2.05) is 0 Å². The summed E-state index contributed by atoms with van der Waals surface area (Å²) < 4.78 is 1.09. The highest BCUT2D eigenvalue weighted by Crippen LogP contribution is 2.27. The minimum Gasteiger partial charge on any atom is -0.481 e. The Labute approximate surface area is 117 Å². The van der Waals surface area contributed by atoms with Crippen LogP contribution in [0.5, 0.6) is 0 Å². The van der Waals surface area contributed by atoms with Gasteiger partial charge in [0, 0.05) is 17.4 Å². The second-order valence-electron chi connectivity index (χ2n) is 4.57. The SMILES string of the molecule is Cc1cc(C)c(NCCCCCC(=O)O)c(Br)c1. The number of carbonyl (C=O) groups is 1. The van der Waals surface area contributed by atoms with E-state index in [1.54, 1.807) is 0 Å². The first-order chi connectivity index (χ1) is 8.50. The van der Waals surface area contributed by atoms with Crippen LogP contribution in [0.3, 0.4) is 0 Å². The summed E-state index contributed by atoms with van der Waals surface area (Å²) in [5, 5.41) is 11.9. The molecule has 1 aromatic carbocycles. The van der Waals surface area contributed by atoms with E-state index in [2.05, 4.69) is 47.2 Å². The molecule has 1 aromatic rings. The summed E-state index contributed by atoms with van der Waals surface area (Å²) in [4.78, 5) is 10.4. The number of benzene rings is 1. The average molecular weight is 314 g/mol. The smallest absolute Gasteiger partial charge is 0.303 e. The topological polar surface area (TPSA) is 49.3 Å². The third-order valence-electron chi connectivity index (χ3n) is 2.80. The molecule has 0 spiro atoms. The van der Waals surface area contributed by atoms with E-state index in [9.17, 15) is 4.79 Å².